The Kier molecular flexibility index (Phi) is 8.16. The Morgan fingerprint density at radius 3 is 1.61 bits per heavy atom. The summed E-state index contributed by atoms with van der Waals surface area (Å²) in [6.07, 6.45) is 0. The maximum atomic E-state index is 13.8. The van der Waals surface area contributed by atoms with E-state index in [2.05, 4.69) is 9.94 Å². The van der Waals surface area contributed by atoms with Crippen LogP contribution in [0.25, 0.3) is 15.9 Å². The van der Waals surface area contributed by atoms with Gasteiger partial charge in [-0.2, -0.15) is 15.0 Å². The molecule has 1 N–H and O–H groups in total. The predicted molar refractivity (Wildman–Crippen MR) is 174 cm³/mol. The molecule has 232 valence electrons. The van der Waals surface area contributed by atoms with E-state index in [-0.39, 0.29) is 57.9 Å². The van der Waals surface area contributed by atoms with Crippen LogP contribution in [0.5, 0.6) is 0 Å². The van der Waals surface area contributed by atoms with Gasteiger partial charge in [-0.3, -0.25) is 19.2 Å². The van der Waals surface area contributed by atoms with Crippen LogP contribution < -0.4 is 9.73 Å². The highest BCUT2D eigenvalue weighted by Crippen LogP contribution is 2.49. The lowest BCUT2D eigenvalue weighted by molar-refractivity contribution is 0.0882. The van der Waals surface area contributed by atoms with E-state index in [1.807, 2.05) is 0 Å². The number of carbonyl (C=O) groups excluding carboxylic acids is 4. The van der Waals surface area contributed by atoms with Gasteiger partial charge in [-0.25, -0.2) is 9.88 Å². The van der Waals surface area contributed by atoms with Gasteiger partial charge in [0, 0.05) is 5.39 Å². The quantitative estimate of drug-likeness (QED) is 0.0546. The fraction of sp³-hybridized carbons (Fsp3) is 0.0370. The lowest BCUT2D eigenvalue weighted by Crippen LogP contribution is -2.30. The third-order valence-electron chi connectivity index (χ3n) is 7.17. The van der Waals surface area contributed by atoms with Crippen molar-refractivity contribution < 1.29 is 27.6 Å². The number of sulfonamides is 1. The highest BCUT2D eigenvalue weighted by atomic mass is 35.5. The normalized spacial score (nSPS) is 14.7. The fourth-order valence-electron chi connectivity index (χ4n) is 5.14. The zero-order valence-corrected chi connectivity index (χ0v) is 28.5. The molecule has 1 aliphatic carbocycles. The fourth-order valence-corrected chi connectivity index (χ4v) is 7.97. The van der Waals surface area contributed by atoms with Gasteiger partial charge in [0.2, 0.25) is 0 Å². The first-order chi connectivity index (χ1) is 21.5. The van der Waals surface area contributed by atoms with E-state index in [0.29, 0.717) is 4.90 Å². The Labute approximate surface area is 297 Å². The lowest BCUT2D eigenvalue weighted by atomic mass is 9.98. The number of hydrogen-bond donors (Lipinski definition) is 1. The van der Waals surface area contributed by atoms with Gasteiger partial charge in [0.1, 0.15) is 5.92 Å². The minimum atomic E-state index is -4.52. The smallest absolute Gasteiger partial charge is 0.293 e. The first kappa shape index (κ1) is 33.0. The van der Waals surface area contributed by atoms with Crippen LogP contribution in [0.1, 0.15) is 53.0 Å². The average Bonchev–Trinajstić information content (AvgIpc) is 3.43. The standard InChI is InChI=1S/C27H6Cl8N4O6S/c1-36-38-46(44,45)7-4-6-2-3-8(10-24(40)11-12(25(10)41)16(29)20(33)19(32)15(11)28)37-23(6)9(5-7)39-26(42)13-14(27(39)43)18(31)22(35)21(34)17(13)30/h2-5,10,38H. The van der Waals surface area contributed by atoms with Crippen molar-refractivity contribution in [3.63, 3.8) is 0 Å². The molecule has 1 aromatic heterocycles. The van der Waals surface area contributed by atoms with Crippen LogP contribution in [-0.2, 0) is 10.0 Å². The van der Waals surface area contributed by atoms with Crippen LogP contribution in [0, 0.1) is 6.57 Å². The highest BCUT2D eigenvalue weighted by Gasteiger charge is 2.46. The molecule has 3 aromatic carbocycles. The second-order valence-electron chi connectivity index (χ2n) is 9.58. The molecule has 4 aromatic rings. The second kappa shape index (κ2) is 11.4. The maximum Gasteiger partial charge on any atom is 0.317 e. The van der Waals surface area contributed by atoms with Crippen LogP contribution in [0.3, 0.4) is 0 Å². The molecule has 10 nitrogen and oxygen atoms in total. The third kappa shape index (κ3) is 4.58. The van der Waals surface area contributed by atoms with Gasteiger partial charge in [0.15, 0.2) is 11.6 Å². The molecular weight excluding hydrogens is 792 g/mol. The number of benzene rings is 3. The van der Waals surface area contributed by atoms with Crippen LogP contribution in [0.4, 0.5) is 5.69 Å². The molecule has 0 saturated heterocycles. The molecule has 0 radical (unpaired) electrons. The number of carbonyl (C=O) groups is 4. The molecule has 2 aliphatic rings. The number of aromatic nitrogens is 1. The van der Waals surface area contributed by atoms with Crippen LogP contribution in [0.15, 0.2) is 29.2 Å². The van der Waals surface area contributed by atoms with E-state index in [4.69, 9.17) is 99.4 Å². The third-order valence-corrected chi connectivity index (χ3v) is 12.0. The molecule has 46 heavy (non-hydrogen) atoms. The number of imide groups is 1. The summed E-state index contributed by atoms with van der Waals surface area (Å²) in [4.78, 5) is 63.4. The molecule has 0 spiro atoms. The zero-order chi connectivity index (χ0) is 33.7. The number of Topliss-reactive ketones (excluding diaryl/α,β-unsaturated/α-hetero) is 2. The highest BCUT2D eigenvalue weighted by molar-refractivity contribution is 7.89. The van der Waals surface area contributed by atoms with Gasteiger partial charge < -0.3 is 0 Å². The van der Waals surface area contributed by atoms with Crippen molar-refractivity contribution in [3.8, 4) is 0 Å². The van der Waals surface area contributed by atoms with Crippen molar-refractivity contribution in [2.24, 2.45) is 0 Å². The topological polar surface area (TPSA) is 135 Å². The molecule has 19 heteroatoms. The van der Waals surface area contributed by atoms with Crippen LogP contribution in [-0.4, -0.2) is 36.8 Å². The Balaban J connectivity index is 1.61. The summed E-state index contributed by atoms with van der Waals surface area (Å²) in [5, 5.41) is -2.49. The Bertz CT molecular complexity index is 2270. The average molecular weight is 798 g/mol. The summed E-state index contributed by atoms with van der Waals surface area (Å²) < 4.78 is 25.8. The molecule has 1 aliphatic heterocycles. The first-order valence-electron chi connectivity index (χ1n) is 12.1. The Morgan fingerprint density at radius 2 is 1.15 bits per heavy atom. The molecular formula is C27H6Cl8N4O6S. The summed E-state index contributed by atoms with van der Waals surface area (Å²) in [6, 6.07) is 4.52. The predicted octanol–water partition coefficient (Wildman–Crippen LogP) is 8.54. The van der Waals surface area contributed by atoms with Crippen molar-refractivity contribution in [2.75, 3.05) is 4.90 Å². The minimum absolute atomic E-state index is 0.00832. The summed E-state index contributed by atoms with van der Waals surface area (Å²) >= 11 is 49.6. The molecule has 0 saturated carbocycles. The number of ketones is 2. The van der Waals surface area contributed by atoms with Crippen molar-refractivity contribution in [1.82, 2.24) is 9.82 Å². The van der Waals surface area contributed by atoms with Gasteiger partial charge in [-0.05, 0) is 23.0 Å². The zero-order valence-electron chi connectivity index (χ0n) is 21.6. The van der Waals surface area contributed by atoms with Crippen molar-refractivity contribution in [3.05, 3.63) is 104 Å². The molecule has 0 unspecified atom stereocenters. The summed E-state index contributed by atoms with van der Waals surface area (Å²) in [6.45, 7) is 6.95. The number of hydrogen-bond acceptors (Lipinski definition) is 7. The molecule has 2 amide bonds. The van der Waals surface area contributed by atoms with Gasteiger partial charge in [-0.15, -0.1) is 4.95 Å². The van der Waals surface area contributed by atoms with Gasteiger partial charge in [0.25, 0.3) is 11.8 Å². The SMILES string of the molecule is [C-]#[N+]NS(=O)(=O)c1cc(N2C(=O)c3c(Cl)c(Cl)c(Cl)c(Cl)c3C2=O)c2nc(C3C(=O)c4c(Cl)c(Cl)c(Cl)c(Cl)c4C3=O)ccc2c1. The second-order valence-corrected chi connectivity index (χ2v) is 14.3. The molecule has 6 rings (SSSR count). The van der Waals surface area contributed by atoms with E-state index in [1.54, 1.807) is 4.83 Å². The number of fused-ring (bicyclic) bond motifs is 3. The van der Waals surface area contributed by atoms with E-state index in [1.165, 1.54) is 12.1 Å². The number of halogens is 8. The van der Waals surface area contributed by atoms with Gasteiger partial charge in [-0.1, -0.05) is 98.9 Å². The summed E-state index contributed by atoms with van der Waals surface area (Å²) in [5.41, 5.74) is -2.23. The van der Waals surface area contributed by atoms with Crippen LogP contribution in [0.2, 0.25) is 40.2 Å². The molecule has 0 fully saturated rings. The summed E-state index contributed by atoms with van der Waals surface area (Å²) in [7, 11) is -4.52. The van der Waals surface area contributed by atoms with Crippen molar-refractivity contribution in [2.45, 2.75) is 10.8 Å². The first-order valence-corrected chi connectivity index (χ1v) is 16.6. The Hall–Kier alpha value is -2.89. The largest absolute Gasteiger partial charge is 0.317 e. The number of pyridine rings is 1. The Morgan fingerprint density at radius 1 is 0.696 bits per heavy atom. The van der Waals surface area contributed by atoms with Crippen molar-refractivity contribution >= 4 is 143 Å². The molecule has 0 bridgehead atoms. The van der Waals surface area contributed by atoms with Gasteiger partial charge >= 0.3 is 10.0 Å². The van der Waals surface area contributed by atoms with E-state index < -0.39 is 71.1 Å². The molecule has 0 atom stereocenters. The van der Waals surface area contributed by atoms with Crippen molar-refractivity contribution in [1.29, 1.82) is 0 Å². The summed E-state index contributed by atoms with van der Waals surface area (Å²) in [5.74, 6) is -5.40. The number of amides is 2. The maximum absolute atomic E-state index is 13.8. The minimum Gasteiger partial charge on any atom is -0.293 e. The number of anilines is 1. The van der Waals surface area contributed by atoms with E-state index in [9.17, 15) is 27.6 Å². The monoisotopic (exact) mass is 794 g/mol. The molecule has 2 heterocycles. The van der Waals surface area contributed by atoms with E-state index in [0.717, 1.165) is 12.1 Å². The lowest BCUT2D eigenvalue weighted by Gasteiger charge is -2.18. The van der Waals surface area contributed by atoms with Gasteiger partial charge in [0.05, 0.1) is 84.2 Å². The number of nitrogens with one attached hydrogen (secondary N) is 1. The number of rotatable bonds is 4. The number of nitrogens with zero attached hydrogens (tertiary/aromatic N) is 3. The van der Waals surface area contributed by atoms with Crippen LogP contribution >= 0.6 is 92.8 Å². The van der Waals surface area contributed by atoms with E-state index >= 15 is 0 Å².